The molecule has 2 atom stereocenters. The summed E-state index contributed by atoms with van der Waals surface area (Å²) < 4.78 is 18.1. The number of carboxylic acids is 1. The van der Waals surface area contributed by atoms with Crippen LogP contribution in [0.25, 0.3) is 0 Å². The third kappa shape index (κ3) is 11.0. The van der Waals surface area contributed by atoms with Crippen molar-refractivity contribution in [3.63, 3.8) is 0 Å². The first-order valence-corrected chi connectivity index (χ1v) is 9.15. The van der Waals surface area contributed by atoms with Crippen molar-refractivity contribution in [3.05, 3.63) is 30.1 Å². The summed E-state index contributed by atoms with van der Waals surface area (Å²) in [5, 5.41) is 18.4. The number of hydrogen-bond acceptors (Lipinski definition) is 4. The molecule has 0 heterocycles. The first-order valence-electron chi connectivity index (χ1n) is 9.15. The fraction of sp³-hybridized carbons (Fsp3) is 0.524. The summed E-state index contributed by atoms with van der Waals surface area (Å²) >= 11 is 0. The van der Waals surface area contributed by atoms with Crippen LogP contribution in [0.15, 0.2) is 24.3 Å². The van der Waals surface area contributed by atoms with Crippen LogP contribution in [0.4, 0.5) is 4.39 Å². The van der Waals surface area contributed by atoms with Crippen LogP contribution in [0.2, 0.25) is 0 Å². The van der Waals surface area contributed by atoms with Crippen molar-refractivity contribution < 1.29 is 28.9 Å². The summed E-state index contributed by atoms with van der Waals surface area (Å²) in [6.45, 7) is 1.50. The summed E-state index contributed by atoms with van der Waals surface area (Å²) in [7, 11) is 0. The van der Waals surface area contributed by atoms with Crippen molar-refractivity contribution in [2.75, 3.05) is 6.61 Å². The molecule has 0 fully saturated rings. The Bertz CT molecular complexity index is 645. The highest BCUT2D eigenvalue weighted by molar-refractivity contribution is 5.78. The first kappa shape index (κ1) is 22.7. The molecule has 0 saturated carbocycles. The van der Waals surface area contributed by atoms with Gasteiger partial charge in [0.25, 0.3) is 0 Å². The molecule has 0 saturated heterocycles. The van der Waals surface area contributed by atoms with Crippen molar-refractivity contribution in [1.82, 2.24) is 0 Å². The van der Waals surface area contributed by atoms with E-state index in [1.807, 2.05) is 0 Å². The molecule has 0 aliphatic heterocycles. The molecular weight excluding hydrogens is 351 g/mol. The van der Waals surface area contributed by atoms with Crippen LogP contribution in [-0.2, 0) is 9.59 Å². The molecular formula is C21H27FO5. The summed E-state index contributed by atoms with van der Waals surface area (Å²) in [5.41, 5.74) is 0. The molecule has 0 aromatic heterocycles. The molecule has 1 rings (SSSR count). The molecule has 1 aromatic rings. The molecule has 2 N–H and O–H groups in total. The van der Waals surface area contributed by atoms with Crippen molar-refractivity contribution >= 4 is 11.8 Å². The van der Waals surface area contributed by atoms with E-state index in [-0.39, 0.29) is 30.5 Å². The van der Waals surface area contributed by atoms with Crippen LogP contribution in [0.3, 0.4) is 0 Å². The highest BCUT2D eigenvalue weighted by Crippen LogP contribution is 2.16. The summed E-state index contributed by atoms with van der Waals surface area (Å²) in [4.78, 5) is 22.1. The number of carboxylic acid groups (broad SMARTS) is 1. The number of carbonyl (C=O) groups excluding carboxylic acids is 1. The third-order valence-corrected chi connectivity index (χ3v) is 4.11. The second kappa shape index (κ2) is 12.9. The van der Waals surface area contributed by atoms with Gasteiger partial charge in [0.1, 0.15) is 30.1 Å². The minimum atomic E-state index is -0.987. The van der Waals surface area contributed by atoms with Gasteiger partial charge in [-0.2, -0.15) is 0 Å². The molecule has 2 unspecified atom stereocenters. The maximum Gasteiger partial charge on any atom is 0.303 e. The normalized spacial score (nSPS) is 12.6. The van der Waals surface area contributed by atoms with Crippen LogP contribution in [-0.4, -0.2) is 34.7 Å². The topological polar surface area (TPSA) is 83.8 Å². The lowest BCUT2D eigenvalue weighted by molar-refractivity contribution is -0.137. The first-order chi connectivity index (χ1) is 12.9. The zero-order valence-corrected chi connectivity index (χ0v) is 15.6. The predicted molar refractivity (Wildman–Crippen MR) is 99.8 cm³/mol. The molecule has 1 aromatic carbocycles. The zero-order valence-electron chi connectivity index (χ0n) is 15.6. The lowest BCUT2D eigenvalue weighted by Crippen LogP contribution is -2.15. The summed E-state index contributed by atoms with van der Waals surface area (Å²) in [6.07, 6.45) is 3.50. The Hall–Kier alpha value is -2.39. The number of halogens is 1. The third-order valence-electron chi connectivity index (χ3n) is 4.11. The van der Waals surface area contributed by atoms with Gasteiger partial charge in [0, 0.05) is 18.8 Å². The number of benzene rings is 1. The number of ketones is 1. The van der Waals surface area contributed by atoms with Crippen molar-refractivity contribution in [1.29, 1.82) is 0 Å². The number of ether oxygens (including phenoxy) is 1. The Morgan fingerprint density at radius 1 is 1.15 bits per heavy atom. The van der Waals surface area contributed by atoms with E-state index in [4.69, 9.17) is 9.84 Å². The van der Waals surface area contributed by atoms with Crippen LogP contribution in [0.5, 0.6) is 5.75 Å². The van der Waals surface area contributed by atoms with Gasteiger partial charge in [-0.3, -0.25) is 9.59 Å². The number of rotatable bonds is 12. The van der Waals surface area contributed by atoms with Crippen LogP contribution >= 0.6 is 0 Å². The average molecular weight is 378 g/mol. The highest BCUT2D eigenvalue weighted by Gasteiger charge is 2.12. The van der Waals surface area contributed by atoms with Crippen molar-refractivity contribution in [2.45, 2.75) is 58.0 Å². The fourth-order valence-corrected chi connectivity index (χ4v) is 2.52. The molecule has 0 spiro atoms. The van der Waals surface area contributed by atoms with Gasteiger partial charge in [0.15, 0.2) is 0 Å². The number of aliphatic hydroxyl groups is 1. The van der Waals surface area contributed by atoms with E-state index in [1.54, 1.807) is 0 Å². The maximum absolute atomic E-state index is 12.8. The SMILES string of the molecule is CC(=O)C(CC#CC(O)COc1ccc(F)cc1)CCCCCCC(=O)O. The number of aliphatic hydroxyl groups excluding tert-OH is 1. The van der Waals surface area contributed by atoms with E-state index in [2.05, 4.69) is 11.8 Å². The van der Waals surface area contributed by atoms with Crippen molar-refractivity contribution in [3.8, 4) is 17.6 Å². The molecule has 0 aliphatic rings. The van der Waals surface area contributed by atoms with Gasteiger partial charge in [-0.1, -0.05) is 31.1 Å². The van der Waals surface area contributed by atoms with E-state index in [0.717, 1.165) is 19.3 Å². The van der Waals surface area contributed by atoms with E-state index >= 15 is 0 Å². The van der Waals surface area contributed by atoms with Crippen LogP contribution < -0.4 is 4.74 Å². The van der Waals surface area contributed by atoms with Gasteiger partial charge < -0.3 is 14.9 Å². The lowest BCUT2D eigenvalue weighted by Gasteiger charge is -2.10. The fourth-order valence-electron chi connectivity index (χ4n) is 2.52. The Morgan fingerprint density at radius 2 is 1.81 bits per heavy atom. The second-order valence-electron chi connectivity index (χ2n) is 6.46. The monoisotopic (exact) mass is 378 g/mol. The molecule has 0 amide bonds. The van der Waals surface area contributed by atoms with Crippen LogP contribution in [0, 0.1) is 23.6 Å². The smallest absolute Gasteiger partial charge is 0.303 e. The van der Waals surface area contributed by atoms with E-state index < -0.39 is 12.1 Å². The van der Waals surface area contributed by atoms with Gasteiger partial charge in [-0.05, 0) is 44.0 Å². The van der Waals surface area contributed by atoms with E-state index in [9.17, 15) is 19.1 Å². The molecule has 0 aliphatic carbocycles. The quantitative estimate of drug-likeness (QED) is 0.429. The molecule has 27 heavy (non-hydrogen) atoms. The summed E-state index contributed by atoms with van der Waals surface area (Å²) in [5.74, 6) is 4.69. The Labute approximate surface area is 159 Å². The van der Waals surface area contributed by atoms with Gasteiger partial charge in [-0.15, -0.1) is 0 Å². The van der Waals surface area contributed by atoms with Gasteiger partial charge in [0.2, 0.25) is 0 Å². The predicted octanol–water partition coefficient (Wildman–Crippen LogP) is 3.59. The number of carbonyl (C=O) groups is 2. The molecule has 5 nitrogen and oxygen atoms in total. The Balaban J connectivity index is 2.29. The molecule has 148 valence electrons. The number of aliphatic carboxylic acids is 1. The lowest BCUT2D eigenvalue weighted by atomic mass is 9.94. The maximum atomic E-state index is 12.8. The van der Waals surface area contributed by atoms with Gasteiger partial charge >= 0.3 is 5.97 Å². The Kier molecular flexibility index (Phi) is 10.8. The summed E-state index contributed by atoms with van der Waals surface area (Å²) in [6, 6.07) is 5.48. The zero-order chi connectivity index (χ0) is 20.1. The number of unbranched alkanes of at least 4 members (excludes halogenated alkanes) is 3. The standard InChI is InChI=1S/C21H27FO5/c1-16(23)17(7-4-2-3-5-10-21(25)26)8-6-9-19(24)15-27-20-13-11-18(22)12-14-20/h11-14,17,19,24H,2-5,7-8,10,15H2,1H3,(H,25,26). The largest absolute Gasteiger partial charge is 0.490 e. The van der Waals surface area contributed by atoms with Crippen LogP contribution in [0.1, 0.15) is 51.9 Å². The minimum Gasteiger partial charge on any atom is -0.490 e. The van der Waals surface area contributed by atoms with Gasteiger partial charge in [-0.25, -0.2) is 4.39 Å². The Morgan fingerprint density at radius 3 is 2.44 bits per heavy atom. The van der Waals surface area contributed by atoms with Gasteiger partial charge in [0.05, 0.1) is 0 Å². The van der Waals surface area contributed by atoms with Crippen molar-refractivity contribution in [2.24, 2.45) is 5.92 Å². The van der Waals surface area contributed by atoms with E-state index in [0.29, 0.717) is 25.0 Å². The average Bonchev–Trinajstić information content (AvgIpc) is 2.62. The highest BCUT2D eigenvalue weighted by atomic mass is 19.1. The molecule has 0 bridgehead atoms. The molecule has 0 radical (unpaired) electrons. The minimum absolute atomic E-state index is 0.0348. The molecule has 6 heteroatoms. The number of hydrogen-bond donors (Lipinski definition) is 2. The van der Waals surface area contributed by atoms with E-state index in [1.165, 1.54) is 31.2 Å². The number of Topliss-reactive ketones (excluding diaryl/α,β-unsaturated/α-hetero) is 1. The second-order valence-corrected chi connectivity index (χ2v) is 6.46.